The second-order valence-electron chi connectivity index (χ2n) is 9.95. The van der Waals surface area contributed by atoms with Crippen molar-refractivity contribution in [2.24, 2.45) is 0 Å². The molecule has 0 heterocycles. The Morgan fingerprint density at radius 3 is 1.82 bits per heavy atom. The van der Waals surface area contributed by atoms with E-state index in [-0.39, 0.29) is 11.5 Å². The molecule has 0 aliphatic carbocycles. The summed E-state index contributed by atoms with van der Waals surface area (Å²) in [6.45, 7) is 3.16. The third-order valence-corrected chi connectivity index (χ3v) is 7.97. The van der Waals surface area contributed by atoms with E-state index in [9.17, 15) is 8.42 Å². The van der Waals surface area contributed by atoms with Crippen LogP contribution in [0.2, 0.25) is 0 Å². The highest BCUT2D eigenvalue weighted by Gasteiger charge is 2.19. The number of para-hydroxylation sites is 2. The summed E-state index contributed by atoms with van der Waals surface area (Å²) in [5.74, 6) is 1.08. The molecule has 0 radical (unpaired) electrons. The van der Waals surface area contributed by atoms with Crippen molar-refractivity contribution in [2.45, 2.75) is 4.90 Å². The molecule has 44 heavy (non-hydrogen) atoms. The SMILES string of the molecule is CN(C)c1cccc2c(S(=O)(=O)Nc3ccc(OCCOCCOCCOCCOc4ccccc4N)c(N)c3)cccc12. The second-order valence-corrected chi connectivity index (χ2v) is 11.6. The smallest absolute Gasteiger partial charge is 0.262 e. The normalized spacial score (nSPS) is 11.4. The average Bonchev–Trinajstić information content (AvgIpc) is 3.00. The quantitative estimate of drug-likeness (QED) is 0.108. The van der Waals surface area contributed by atoms with Gasteiger partial charge in [0.05, 0.1) is 61.6 Å². The third kappa shape index (κ3) is 9.13. The maximum atomic E-state index is 13.3. The zero-order chi connectivity index (χ0) is 31.4. The van der Waals surface area contributed by atoms with Gasteiger partial charge in [0.2, 0.25) is 0 Å². The van der Waals surface area contributed by atoms with Crippen molar-refractivity contribution in [1.29, 1.82) is 0 Å². The minimum atomic E-state index is -3.88. The highest BCUT2D eigenvalue weighted by atomic mass is 32.2. The Kier molecular flexibility index (Phi) is 11.9. The van der Waals surface area contributed by atoms with Crippen LogP contribution in [0, 0.1) is 0 Å². The lowest BCUT2D eigenvalue weighted by Crippen LogP contribution is -2.15. The number of nitrogens with two attached hydrogens (primary N) is 2. The summed E-state index contributed by atoms with van der Waals surface area (Å²) in [6.07, 6.45) is 0. The van der Waals surface area contributed by atoms with Crippen molar-refractivity contribution in [3.05, 3.63) is 78.9 Å². The Morgan fingerprint density at radius 2 is 1.20 bits per heavy atom. The first-order chi connectivity index (χ1) is 21.3. The third-order valence-electron chi connectivity index (χ3n) is 6.53. The van der Waals surface area contributed by atoms with Gasteiger partial charge >= 0.3 is 0 Å². The summed E-state index contributed by atoms with van der Waals surface area (Å²) < 4.78 is 57.0. The van der Waals surface area contributed by atoms with E-state index in [2.05, 4.69) is 4.72 Å². The van der Waals surface area contributed by atoms with Crippen molar-refractivity contribution in [1.82, 2.24) is 0 Å². The van der Waals surface area contributed by atoms with Gasteiger partial charge in [0.25, 0.3) is 10.0 Å². The van der Waals surface area contributed by atoms with Crippen molar-refractivity contribution >= 4 is 43.5 Å². The van der Waals surface area contributed by atoms with Crippen molar-refractivity contribution < 1.29 is 32.1 Å². The molecule has 0 bridgehead atoms. The number of nitrogens with one attached hydrogen (secondary N) is 1. The van der Waals surface area contributed by atoms with Gasteiger partial charge in [-0.25, -0.2) is 8.42 Å². The lowest BCUT2D eigenvalue weighted by molar-refractivity contribution is 0.00506. The maximum absolute atomic E-state index is 13.3. The number of benzene rings is 4. The van der Waals surface area contributed by atoms with Gasteiger partial charge in [0.15, 0.2) is 0 Å². The number of nitrogens with zero attached hydrogens (tertiary/aromatic N) is 1. The fourth-order valence-corrected chi connectivity index (χ4v) is 5.69. The zero-order valence-corrected chi connectivity index (χ0v) is 25.8. The molecule has 0 aliphatic rings. The van der Waals surface area contributed by atoms with Gasteiger partial charge < -0.3 is 40.1 Å². The van der Waals surface area contributed by atoms with Crippen LogP contribution in [0.3, 0.4) is 0 Å². The van der Waals surface area contributed by atoms with Gasteiger partial charge in [-0.15, -0.1) is 0 Å². The summed E-state index contributed by atoms with van der Waals surface area (Å²) in [6, 6.07) is 22.9. The van der Waals surface area contributed by atoms with E-state index in [4.69, 9.17) is 35.2 Å². The first-order valence-corrected chi connectivity index (χ1v) is 15.7. The number of anilines is 4. The number of hydrogen-bond donors (Lipinski definition) is 3. The van der Waals surface area contributed by atoms with Gasteiger partial charge in [-0.3, -0.25) is 4.72 Å². The van der Waals surface area contributed by atoms with Crippen LogP contribution in [0.15, 0.2) is 83.8 Å². The van der Waals surface area contributed by atoms with E-state index in [0.29, 0.717) is 80.2 Å². The van der Waals surface area contributed by atoms with E-state index in [1.54, 1.807) is 36.4 Å². The average molecular weight is 625 g/mol. The van der Waals surface area contributed by atoms with Gasteiger partial charge in [0, 0.05) is 30.6 Å². The Bertz CT molecular complexity index is 1620. The van der Waals surface area contributed by atoms with Gasteiger partial charge in [-0.1, -0.05) is 36.4 Å². The predicted molar refractivity (Wildman–Crippen MR) is 174 cm³/mol. The molecule has 4 aromatic carbocycles. The minimum absolute atomic E-state index is 0.186. The van der Waals surface area contributed by atoms with E-state index in [0.717, 1.165) is 11.1 Å². The summed E-state index contributed by atoms with van der Waals surface area (Å²) in [5, 5.41) is 1.48. The molecule has 0 amide bonds. The van der Waals surface area contributed by atoms with E-state index < -0.39 is 10.0 Å². The zero-order valence-electron chi connectivity index (χ0n) is 25.0. The summed E-state index contributed by atoms with van der Waals surface area (Å²) in [5.41, 5.74) is 14.1. The fraction of sp³-hybridized carbons (Fsp3) is 0.312. The number of ether oxygens (including phenoxy) is 5. The predicted octanol–water partition coefficient (Wildman–Crippen LogP) is 4.38. The first-order valence-electron chi connectivity index (χ1n) is 14.2. The van der Waals surface area contributed by atoms with Crippen LogP contribution in [0.5, 0.6) is 11.5 Å². The Balaban J connectivity index is 1.12. The standard InChI is InChI=1S/C32H40N4O7S/c1-36(2)29-10-5-8-26-25(29)7-6-12-32(26)44(37,38)35-24-13-14-31(28(34)23-24)43-22-20-41-18-16-39-15-17-40-19-21-42-30-11-4-3-9-27(30)33/h3-14,23,35H,15-22,33-34H2,1-2H3. The maximum Gasteiger partial charge on any atom is 0.262 e. The van der Waals surface area contributed by atoms with Crippen molar-refractivity contribution in [3.8, 4) is 11.5 Å². The van der Waals surface area contributed by atoms with E-state index >= 15 is 0 Å². The Hall–Kier alpha value is -4.23. The van der Waals surface area contributed by atoms with E-state index in [1.807, 2.05) is 55.4 Å². The molecule has 0 atom stereocenters. The van der Waals surface area contributed by atoms with Crippen LogP contribution in [-0.4, -0.2) is 75.4 Å². The molecule has 0 saturated heterocycles. The Morgan fingerprint density at radius 1 is 0.636 bits per heavy atom. The van der Waals surface area contributed by atoms with Gasteiger partial charge in [0.1, 0.15) is 24.7 Å². The molecule has 0 aromatic heterocycles. The first kappa shape index (κ1) is 32.7. The van der Waals surface area contributed by atoms with Gasteiger partial charge in [-0.05, 0) is 42.5 Å². The minimum Gasteiger partial charge on any atom is -0.489 e. The molecule has 0 spiro atoms. The molecule has 0 unspecified atom stereocenters. The molecular formula is C32H40N4O7S. The monoisotopic (exact) mass is 624 g/mol. The number of rotatable bonds is 18. The Labute approximate surface area is 258 Å². The lowest BCUT2D eigenvalue weighted by atomic mass is 10.1. The largest absolute Gasteiger partial charge is 0.489 e. The number of nitrogen functional groups attached to an aromatic ring is 2. The topological polar surface area (TPSA) is 148 Å². The number of hydrogen-bond acceptors (Lipinski definition) is 10. The molecule has 4 rings (SSSR count). The second kappa shape index (κ2) is 16.0. The molecule has 5 N–H and O–H groups in total. The van der Waals surface area contributed by atoms with E-state index in [1.165, 1.54) is 6.07 Å². The summed E-state index contributed by atoms with van der Waals surface area (Å²) in [7, 11) is -0.0384. The van der Waals surface area contributed by atoms with Crippen LogP contribution in [-0.2, 0) is 24.2 Å². The van der Waals surface area contributed by atoms with Crippen LogP contribution in [0.4, 0.5) is 22.7 Å². The van der Waals surface area contributed by atoms with Crippen molar-refractivity contribution in [2.75, 3.05) is 88.0 Å². The molecule has 12 heteroatoms. The van der Waals surface area contributed by atoms with Crippen molar-refractivity contribution in [3.63, 3.8) is 0 Å². The summed E-state index contributed by atoms with van der Waals surface area (Å²) >= 11 is 0. The van der Waals surface area contributed by atoms with Crippen LogP contribution >= 0.6 is 0 Å². The molecule has 0 fully saturated rings. The van der Waals surface area contributed by atoms with Crippen LogP contribution in [0.25, 0.3) is 10.8 Å². The number of fused-ring (bicyclic) bond motifs is 1. The number of sulfonamides is 1. The van der Waals surface area contributed by atoms with Crippen LogP contribution in [0.1, 0.15) is 0 Å². The molecular weight excluding hydrogens is 584 g/mol. The highest BCUT2D eigenvalue weighted by molar-refractivity contribution is 7.93. The molecule has 0 saturated carbocycles. The lowest BCUT2D eigenvalue weighted by Gasteiger charge is -2.17. The molecule has 11 nitrogen and oxygen atoms in total. The molecule has 236 valence electrons. The highest BCUT2D eigenvalue weighted by Crippen LogP contribution is 2.32. The molecule has 4 aromatic rings. The fourth-order valence-electron chi connectivity index (χ4n) is 4.42. The van der Waals surface area contributed by atoms with Crippen LogP contribution < -0.4 is 30.6 Å². The summed E-state index contributed by atoms with van der Waals surface area (Å²) in [4.78, 5) is 2.14. The van der Waals surface area contributed by atoms with Gasteiger partial charge in [-0.2, -0.15) is 0 Å². The molecule has 0 aliphatic heterocycles.